The first-order valence-corrected chi connectivity index (χ1v) is 11.0. The fourth-order valence-corrected chi connectivity index (χ4v) is 5.19. The number of esters is 1. The topological polar surface area (TPSA) is 66.9 Å². The number of fused-ring (bicyclic) bond motifs is 4. The van der Waals surface area contributed by atoms with Crippen molar-refractivity contribution in [3.05, 3.63) is 77.9 Å². The molecule has 1 saturated heterocycles. The standard InChI is InChI=1S/C26H22N2O4/c29-23-14-15-26(25(31)32-16-18-8-5-7-17-6-1-2-9-20(17)18)27(19-12-13-19)24(30)21-10-3-4-11-22(21)28(23)26/h1-11,19H,12-16H2. The minimum absolute atomic E-state index is 0.0469. The Hall–Kier alpha value is -3.67. The van der Waals surface area contributed by atoms with Crippen LogP contribution in [0.4, 0.5) is 5.69 Å². The van der Waals surface area contributed by atoms with Gasteiger partial charge in [-0.25, -0.2) is 4.79 Å². The highest BCUT2D eigenvalue weighted by Crippen LogP contribution is 2.49. The van der Waals surface area contributed by atoms with Gasteiger partial charge in [0.2, 0.25) is 11.6 Å². The van der Waals surface area contributed by atoms with Gasteiger partial charge in [0.1, 0.15) is 6.61 Å². The van der Waals surface area contributed by atoms with Gasteiger partial charge in [0.25, 0.3) is 5.91 Å². The second kappa shape index (κ2) is 6.92. The molecule has 0 N–H and O–H groups in total. The highest BCUT2D eigenvalue weighted by Gasteiger charge is 2.64. The summed E-state index contributed by atoms with van der Waals surface area (Å²) in [5.74, 6) is -0.889. The van der Waals surface area contributed by atoms with E-state index in [-0.39, 0.29) is 37.3 Å². The van der Waals surface area contributed by atoms with E-state index < -0.39 is 11.6 Å². The van der Waals surface area contributed by atoms with E-state index in [1.165, 1.54) is 4.90 Å². The summed E-state index contributed by atoms with van der Waals surface area (Å²) >= 11 is 0. The van der Waals surface area contributed by atoms with Crippen molar-refractivity contribution in [2.24, 2.45) is 0 Å². The van der Waals surface area contributed by atoms with Crippen molar-refractivity contribution in [3.63, 3.8) is 0 Å². The van der Waals surface area contributed by atoms with E-state index in [9.17, 15) is 14.4 Å². The third kappa shape index (κ3) is 2.62. The van der Waals surface area contributed by atoms with Gasteiger partial charge in [-0.15, -0.1) is 0 Å². The van der Waals surface area contributed by atoms with Gasteiger partial charge in [0, 0.05) is 18.9 Å². The molecule has 6 nitrogen and oxygen atoms in total. The van der Waals surface area contributed by atoms with Crippen molar-refractivity contribution < 1.29 is 19.1 Å². The average Bonchev–Trinajstić information content (AvgIpc) is 3.59. The van der Waals surface area contributed by atoms with Crippen LogP contribution in [0.25, 0.3) is 10.8 Å². The van der Waals surface area contributed by atoms with E-state index in [2.05, 4.69) is 0 Å². The molecule has 1 saturated carbocycles. The summed E-state index contributed by atoms with van der Waals surface area (Å²) in [6, 6.07) is 20.8. The molecule has 1 aliphatic carbocycles. The minimum atomic E-state index is -1.41. The summed E-state index contributed by atoms with van der Waals surface area (Å²) in [6.07, 6.45) is 2.10. The highest BCUT2D eigenvalue weighted by atomic mass is 16.5. The van der Waals surface area contributed by atoms with Gasteiger partial charge in [0.15, 0.2) is 0 Å². The van der Waals surface area contributed by atoms with E-state index in [4.69, 9.17) is 4.74 Å². The number of carbonyl (C=O) groups is 3. The van der Waals surface area contributed by atoms with Gasteiger partial charge < -0.3 is 9.64 Å². The lowest BCUT2D eigenvalue weighted by atomic mass is 9.96. The normalized spacial score (nSPS) is 22.1. The lowest BCUT2D eigenvalue weighted by molar-refractivity contribution is -0.159. The smallest absolute Gasteiger partial charge is 0.354 e. The number of carbonyl (C=O) groups excluding carboxylic acids is 3. The second-order valence-corrected chi connectivity index (χ2v) is 8.68. The number of nitrogens with zero attached hydrogens (tertiary/aromatic N) is 2. The summed E-state index contributed by atoms with van der Waals surface area (Å²) < 4.78 is 5.87. The first-order valence-electron chi connectivity index (χ1n) is 11.0. The number of rotatable bonds is 4. The lowest BCUT2D eigenvalue weighted by Gasteiger charge is -2.48. The predicted octanol–water partition coefficient (Wildman–Crippen LogP) is 4.02. The highest BCUT2D eigenvalue weighted by molar-refractivity contribution is 6.15. The molecule has 0 bridgehead atoms. The molecule has 0 radical (unpaired) electrons. The average molecular weight is 426 g/mol. The molecule has 2 heterocycles. The molecule has 32 heavy (non-hydrogen) atoms. The summed E-state index contributed by atoms with van der Waals surface area (Å²) in [4.78, 5) is 43.4. The van der Waals surface area contributed by atoms with Crippen molar-refractivity contribution in [1.29, 1.82) is 0 Å². The number of ether oxygens (including phenoxy) is 1. The Morgan fingerprint density at radius 2 is 1.72 bits per heavy atom. The molecule has 0 spiro atoms. The van der Waals surface area contributed by atoms with Gasteiger partial charge in [-0.05, 0) is 41.3 Å². The molecule has 3 aromatic carbocycles. The molecular formula is C26H22N2O4. The van der Waals surface area contributed by atoms with Crippen LogP contribution in [-0.4, -0.2) is 34.4 Å². The van der Waals surface area contributed by atoms with Gasteiger partial charge in [-0.1, -0.05) is 54.6 Å². The molecule has 0 aromatic heterocycles. The van der Waals surface area contributed by atoms with Crippen LogP contribution in [-0.2, 0) is 20.9 Å². The quantitative estimate of drug-likeness (QED) is 0.591. The van der Waals surface area contributed by atoms with Crippen LogP contribution in [0.5, 0.6) is 0 Å². The number of anilines is 1. The molecular weight excluding hydrogens is 404 g/mol. The van der Waals surface area contributed by atoms with Crippen molar-refractivity contribution in [3.8, 4) is 0 Å². The molecule has 160 valence electrons. The maximum absolute atomic E-state index is 13.7. The first kappa shape index (κ1) is 19.0. The zero-order valence-electron chi connectivity index (χ0n) is 17.5. The van der Waals surface area contributed by atoms with Crippen LogP contribution in [0.3, 0.4) is 0 Å². The third-order valence-corrected chi connectivity index (χ3v) is 6.78. The van der Waals surface area contributed by atoms with Crippen molar-refractivity contribution in [2.45, 2.75) is 44.0 Å². The molecule has 2 aliphatic heterocycles. The Kier molecular flexibility index (Phi) is 4.12. The van der Waals surface area contributed by atoms with Crippen LogP contribution < -0.4 is 4.90 Å². The van der Waals surface area contributed by atoms with E-state index in [1.54, 1.807) is 29.2 Å². The summed E-state index contributed by atoms with van der Waals surface area (Å²) in [7, 11) is 0. The largest absolute Gasteiger partial charge is 0.458 e. The molecule has 2 fully saturated rings. The lowest BCUT2D eigenvalue weighted by Crippen LogP contribution is -2.69. The maximum Gasteiger partial charge on any atom is 0.354 e. The number of benzene rings is 3. The molecule has 6 rings (SSSR count). The molecule has 6 heteroatoms. The Balaban J connectivity index is 1.40. The molecule has 3 aliphatic rings. The summed E-state index contributed by atoms with van der Waals surface area (Å²) in [5, 5.41) is 2.09. The monoisotopic (exact) mass is 426 g/mol. The van der Waals surface area contributed by atoms with Gasteiger partial charge in [-0.3, -0.25) is 14.5 Å². The number of amides is 2. The number of hydrogen-bond acceptors (Lipinski definition) is 4. The first-order chi connectivity index (χ1) is 15.6. The van der Waals surface area contributed by atoms with Crippen LogP contribution in [0.2, 0.25) is 0 Å². The maximum atomic E-state index is 13.7. The SMILES string of the molecule is O=C1CCC2(C(=O)OCc3cccc4ccccc34)N1c1ccccc1C(=O)N2C1CC1. The summed E-state index contributed by atoms with van der Waals surface area (Å²) in [5.41, 5.74) is 0.448. The zero-order valence-corrected chi connectivity index (χ0v) is 17.5. The minimum Gasteiger partial charge on any atom is -0.458 e. The molecule has 2 amide bonds. The van der Waals surface area contributed by atoms with E-state index >= 15 is 0 Å². The Labute approximate surface area is 185 Å². The van der Waals surface area contributed by atoms with Crippen LogP contribution in [0, 0.1) is 0 Å². The zero-order chi connectivity index (χ0) is 21.9. The van der Waals surface area contributed by atoms with Gasteiger partial charge >= 0.3 is 5.97 Å². The predicted molar refractivity (Wildman–Crippen MR) is 119 cm³/mol. The van der Waals surface area contributed by atoms with Crippen molar-refractivity contribution >= 4 is 34.2 Å². The molecule has 1 atom stereocenters. The Morgan fingerprint density at radius 3 is 2.56 bits per heavy atom. The van der Waals surface area contributed by atoms with Gasteiger partial charge in [0.05, 0.1) is 11.3 Å². The van der Waals surface area contributed by atoms with E-state index in [1.807, 2.05) is 42.5 Å². The van der Waals surface area contributed by atoms with E-state index in [0.717, 1.165) is 29.2 Å². The summed E-state index contributed by atoms with van der Waals surface area (Å²) in [6.45, 7) is 0.0817. The van der Waals surface area contributed by atoms with Crippen LogP contribution in [0.15, 0.2) is 66.7 Å². The van der Waals surface area contributed by atoms with Crippen molar-refractivity contribution in [1.82, 2.24) is 4.90 Å². The van der Waals surface area contributed by atoms with Crippen LogP contribution in [0.1, 0.15) is 41.6 Å². The number of hydrogen-bond donors (Lipinski definition) is 0. The molecule has 3 aromatic rings. The Morgan fingerprint density at radius 1 is 0.969 bits per heavy atom. The van der Waals surface area contributed by atoms with Gasteiger partial charge in [-0.2, -0.15) is 0 Å². The van der Waals surface area contributed by atoms with Crippen LogP contribution >= 0.6 is 0 Å². The second-order valence-electron chi connectivity index (χ2n) is 8.68. The molecule has 1 unspecified atom stereocenters. The van der Waals surface area contributed by atoms with Crippen molar-refractivity contribution in [2.75, 3.05) is 4.90 Å². The number of para-hydroxylation sites is 1. The fraction of sp³-hybridized carbons (Fsp3) is 0.269. The van der Waals surface area contributed by atoms with E-state index in [0.29, 0.717) is 11.3 Å². The Bertz CT molecular complexity index is 1280. The third-order valence-electron chi connectivity index (χ3n) is 6.78. The fourth-order valence-electron chi connectivity index (χ4n) is 5.19.